The molecule has 0 aliphatic rings. The smallest absolute Gasteiger partial charge is 0.309 e. The number of alkyl halides is 1. The van der Waals surface area contributed by atoms with Crippen molar-refractivity contribution in [2.75, 3.05) is 11.2 Å². The zero-order valence-electron chi connectivity index (χ0n) is 7.24. The van der Waals surface area contributed by atoms with E-state index < -0.39 is 5.97 Å². The molecule has 7 heteroatoms. The molecule has 0 aliphatic carbocycles. The maximum Gasteiger partial charge on any atom is 0.309 e. The minimum Gasteiger partial charge on any atom is -0.407 e. The third kappa shape index (κ3) is 3.31. The number of carbonyl (C=O) groups is 2. The Labute approximate surface area is 89.0 Å². The molecule has 0 unspecified atom stereocenters. The van der Waals surface area contributed by atoms with Crippen LogP contribution >= 0.6 is 22.9 Å². The van der Waals surface area contributed by atoms with Gasteiger partial charge in [0.05, 0.1) is 5.38 Å². The molecule has 1 N–H and O–H groups in total. The molecule has 0 aromatic carbocycles. The average Bonchev–Trinajstić information content (AvgIpc) is 2.51. The van der Waals surface area contributed by atoms with E-state index in [-0.39, 0.29) is 17.7 Å². The van der Waals surface area contributed by atoms with Crippen molar-refractivity contribution in [1.82, 2.24) is 4.98 Å². The molecule has 1 aromatic heterocycles. The van der Waals surface area contributed by atoms with Gasteiger partial charge in [-0.1, -0.05) is 0 Å². The van der Waals surface area contributed by atoms with Gasteiger partial charge in [0.2, 0.25) is 11.8 Å². The van der Waals surface area contributed by atoms with E-state index >= 15 is 0 Å². The molecule has 1 aromatic rings. The summed E-state index contributed by atoms with van der Waals surface area (Å²) in [5, 5.41) is 4.30. The minimum atomic E-state index is -0.453. The number of anilines is 1. The number of nitrogens with one attached hydrogen (secondary N) is 1. The maximum atomic E-state index is 10.8. The van der Waals surface area contributed by atoms with Crippen LogP contribution in [0.15, 0.2) is 5.38 Å². The first kappa shape index (κ1) is 10.9. The first-order valence-corrected chi connectivity index (χ1v) is 5.03. The summed E-state index contributed by atoms with van der Waals surface area (Å²) in [6, 6.07) is 0. The van der Waals surface area contributed by atoms with Gasteiger partial charge in [-0.05, 0) is 0 Å². The van der Waals surface area contributed by atoms with Gasteiger partial charge in [-0.15, -0.1) is 22.9 Å². The topological polar surface area (TPSA) is 68.3 Å². The van der Waals surface area contributed by atoms with Crippen LogP contribution in [-0.4, -0.2) is 22.7 Å². The lowest BCUT2D eigenvalue weighted by Gasteiger charge is -1.95. The van der Waals surface area contributed by atoms with Crippen molar-refractivity contribution in [2.24, 2.45) is 0 Å². The Kier molecular flexibility index (Phi) is 3.84. The molecule has 1 amide bonds. The Morgan fingerprint density at radius 3 is 3.00 bits per heavy atom. The van der Waals surface area contributed by atoms with Gasteiger partial charge in [0.15, 0.2) is 5.13 Å². The average molecular weight is 235 g/mol. The molecule has 0 fully saturated rings. The molecule has 0 aliphatic heterocycles. The number of aromatic nitrogens is 1. The van der Waals surface area contributed by atoms with Crippen LogP contribution in [-0.2, 0) is 9.59 Å². The third-order valence-corrected chi connectivity index (χ3v) is 2.08. The van der Waals surface area contributed by atoms with E-state index in [1.54, 1.807) is 0 Å². The van der Waals surface area contributed by atoms with Gasteiger partial charge >= 0.3 is 5.97 Å². The number of rotatable bonds is 3. The fourth-order valence-corrected chi connectivity index (χ4v) is 1.36. The van der Waals surface area contributed by atoms with E-state index in [1.165, 1.54) is 12.3 Å². The Hall–Kier alpha value is -1.14. The Morgan fingerprint density at radius 2 is 2.43 bits per heavy atom. The Bertz CT molecular complexity index is 352. The van der Waals surface area contributed by atoms with Crippen LogP contribution < -0.4 is 10.1 Å². The molecule has 14 heavy (non-hydrogen) atoms. The molecule has 1 rings (SSSR count). The Balaban J connectivity index is 2.59. The van der Waals surface area contributed by atoms with Crippen LogP contribution in [0.2, 0.25) is 0 Å². The number of ether oxygens (including phenoxy) is 1. The minimum absolute atomic E-state index is 0.136. The number of amides is 1. The second-order valence-electron chi connectivity index (χ2n) is 2.27. The molecular weight excluding hydrogens is 228 g/mol. The molecule has 5 nitrogen and oxygen atoms in total. The van der Waals surface area contributed by atoms with Gasteiger partial charge in [0, 0.05) is 6.92 Å². The van der Waals surface area contributed by atoms with Crippen LogP contribution in [0.5, 0.6) is 5.88 Å². The van der Waals surface area contributed by atoms with Crippen LogP contribution in [0.25, 0.3) is 0 Å². The summed E-state index contributed by atoms with van der Waals surface area (Å²) in [6.07, 6.45) is 0. The van der Waals surface area contributed by atoms with Crippen LogP contribution in [0, 0.1) is 0 Å². The van der Waals surface area contributed by atoms with E-state index in [2.05, 4.69) is 15.0 Å². The van der Waals surface area contributed by atoms with Crippen LogP contribution in [0.1, 0.15) is 6.92 Å². The molecule has 76 valence electrons. The number of halogens is 1. The fraction of sp³-hybridized carbons (Fsp3) is 0.286. The number of hydrogen-bond donors (Lipinski definition) is 1. The summed E-state index contributed by atoms with van der Waals surface area (Å²) in [5.41, 5.74) is 0. The second-order valence-corrected chi connectivity index (χ2v) is 3.39. The summed E-state index contributed by atoms with van der Waals surface area (Å²) in [7, 11) is 0. The lowest BCUT2D eigenvalue weighted by atomic mass is 10.7. The normalized spacial score (nSPS) is 9.57. The van der Waals surface area contributed by atoms with Gasteiger partial charge in [0.25, 0.3) is 0 Å². The third-order valence-electron chi connectivity index (χ3n) is 1.10. The molecule has 0 saturated carbocycles. The number of esters is 1. The monoisotopic (exact) mass is 234 g/mol. The van der Waals surface area contributed by atoms with Crippen LogP contribution in [0.4, 0.5) is 5.13 Å². The lowest BCUT2D eigenvalue weighted by Crippen LogP contribution is -2.12. The van der Waals surface area contributed by atoms with Gasteiger partial charge in [-0.25, -0.2) is 0 Å². The Morgan fingerprint density at radius 1 is 1.71 bits per heavy atom. The lowest BCUT2D eigenvalue weighted by molar-refractivity contribution is -0.132. The highest BCUT2D eigenvalue weighted by molar-refractivity contribution is 7.14. The second kappa shape index (κ2) is 4.92. The zero-order chi connectivity index (χ0) is 10.6. The number of nitrogens with zero attached hydrogens (tertiary/aromatic N) is 1. The fourth-order valence-electron chi connectivity index (χ4n) is 0.663. The summed E-state index contributed by atoms with van der Waals surface area (Å²) >= 11 is 6.43. The maximum absolute atomic E-state index is 10.8. The van der Waals surface area contributed by atoms with E-state index in [0.29, 0.717) is 5.13 Å². The van der Waals surface area contributed by atoms with Crippen molar-refractivity contribution in [1.29, 1.82) is 0 Å². The summed E-state index contributed by atoms with van der Waals surface area (Å²) in [5.74, 6) is -0.768. The molecular formula is C7H7ClN2O3S. The van der Waals surface area contributed by atoms with Crippen molar-refractivity contribution in [3.05, 3.63) is 5.38 Å². The van der Waals surface area contributed by atoms with Gasteiger partial charge in [-0.3, -0.25) is 9.59 Å². The summed E-state index contributed by atoms with van der Waals surface area (Å²) < 4.78 is 4.69. The van der Waals surface area contributed by atoms with E-state index in [0.717, 1.165) is 11.3 Å². The summed E-state index contributed by atoms with van der Waals surface area (Å²) in [6.45, 7) is 1.27. The van der Waals surface area contributed by atoms with E-state index in [4.69, 9.17) is 11.6 Å². The van der Waals surface area contributed by atoms with Crippen molar-refractivity contribution >= 4 is 39.9 Å². The highest BCUT2D eigenvalue weighted by Crippen LogP contribution is 2.20. The molecule has 0 saturated heterocycles. The van der Waals surface area contributed by atoms with Crippen molar-refractivity contribution in [2.45, 2.75) is 6.92 Å². The van der Waals surface area contributed by atoms with E-state index in [9.17, 15) is 9.59 Å². The van der Waals surface area contributed by atoms with Crippen molar-refractivity contribution < 1.29 is 14.3 Å². The number of hydrogen-bond acceptors (Lipinski definition) is 5. The number of carbonyl (C=O) groups excluding carboxylic acids is 2. The van der Waals surface area contributed by atoms with Gasteiger partial charge in [0.1, 0.15) is 5.88 Å². The number of thiazole rings is 1. The molecule has 1 heterocycles. The molecule has 0 radical (unpaired) electrons. The summed E-state index contributed by atoms with van der Waals surface area (Å²) in [4.78, 5) is 25.2. The SMILES string of the molecule is CC(=O)Oc1csc(NC(=O)CCl)n1. The van der Waals surface area contributed by atoms with E-state index in [1.807, 2.05) is 0 Å². The molecule has 0 bridgehead atoms. The predicted octanol–water partition coefficient (Wildman–Crippen LogP) is 1.25. The first-order chi connectivity index (χ1) is 6.61. The van der Waals surface area contributed by atoms with Gasteiger partial charge in [-0.2, -0.15) is 4.98 Å². The quantitative estimate of drug-likeness (QED) is 0.631. The highest BCUT2D eigenvalue weighted by atomic mass is 35.5. The molecule has 0 spiro atoms. The standard InChI is InChI=1S/C7H7ClN2O3S/c1-4(11)13-6-3-14-7(10-6)9-5(12)2-8/h3H,2H2,1H3,(H,9,10,12). The largest absolute Gasteiger partial charge is 0.407 e. The van der Waals surface area contributed by atoms with Crippen molar-refractivity contribution in [3.63, 3.8) is 0 Å². The molecule has 0 atom stereocenters. The van der Waals surface area contributed by atoms with Crippen LogP contribution in [0.3, 0.4) is 0 Å². The van der Waals surface area contributed by atoms with Crippen molar-refractivity contribution in [3.8, 4) is 5.88 Å². The highest BCUT2D eigenvalue weighted by Gasteiger charge is 2.07. The predicted molar refractivity (Wildman–Crippen MR) is 52.8 cm³/mol. The zero-order valence-corrected chi connectivity index (χ0v) is 8.82. The van der Waals surface area contributed by atoms with Gasteiger partial charge < -0.3 is 10.1 Å². The first-order valence-electron chi connectivity index (χ1n) is 3.61.